The van der Waals surface area contributed by atoms with E-state index in [9.17, 15) is 18.0 Å². The molecule has 3 N–H and O–H groups in total. The molecule has 3 rings (SSSR count). The van der Waals surface area contributed by atoms with E-state index in [2.05, 4.69) is 15.6 Å². The van der Waals surface area contributed by atoms with Crippen molar-refractivity contribution < 1.29 is 22.7 Å². The van der Waals surface area contributed by atoms with Gasteiger partial charge in [-0.25, -0.2) is 13.1 Å². The third-order valence-electron chi connectivity index (χ3n) is 4.67. The number of nitrogens with one attached hydrogen (secondary N) is 3. The molecule has 3 aromatic rings. The van der Waals surface area contributed by atoms with Crippen molar-refractivity contribution in [2.45, 2.75) is 37.8 Å². The lowest BCUT2D eigenvalue weighted by Crippen LogP contribution is -2.42. The Bertz CT molecular complexity index is 1240. The molecule has 0 aromatic heterocycles. The van der Waals surface area contributed by atoms with E-state index in [1.54, 1.807) is 24.3 Å². The maximum absolute atomic E-state index is 12.6. The normalized spacial score (nSPS) is 11.1. The van der Waals surface area contributed by atoms with Gasteiger partial charge in [-0.3, -0.25) is 20.4 Å². The van der Waals surface area contributed by atoms with E-state index < -0.39 is 21.8 Å². The number of sulfonamides is 1. The zero-order valence-electron chi connectivity index (χ0n) is 18.9. The Morgan fingerprint density at radius 1 is 0.853 bits per heavy atom. The number of amides is 2. The highest BCUT2D eigenvalue weighted by Gasteiger charge is 2.16. The van der Waals surface area contributed by atoms with Crippen LogP contribution in [0.15, 0.2) is 83.8 Å². The predicted octanol–water partition coefficient (Wildman–Crippen LogP) is 2.96. The minimum Gasteiger partial charge on any atom is -0.491 e. The van der Waals surface area contributed by atoms with Gasteiger partial charge in [0.2, 0.25) is 15.9 Å². The van der Waals surface area contributed by atoms with E-state index in [1.165, 1.54) is 24.3 Å². The van der Waals surface area contributed by atoms with Gasteiger partial charge in [0, 0.05) is 12.1 Å². The molecule has 0 spiro atoms. The smallest absolute Gasteiger partial charge is 0.269 e. The summed E-state index contributed by atoms with van der Waals surface area (Å²) in [4.78, 5) is 24.7. The van der Waals surface area contributed by atoms with Gasteiger partial charge in [-0.15, -0.1) is 0 Å². The van der Waals surface area contributed by atoms with Crippen molar-refractivity contribution in [1.82, 2.24) is 15.6 Å². The lowest BCUT2D eigenvalue weighted by atomic mass is 10.1. The van der Waals surface area contributed by atoms with Crippen LogP contribution in [0.3, 0.4) is 0 Å². The van der Waals surface area contributed by atoms with Gasteiger partial charge >= 0.3 is 0 Å². The Hall–Kier alpha value is -3.69. The number of hydrogen-bond acceptors (Lipinski definition) is 5. The molecule has 178 valence electrons. The zero-order valence-corrected chi connectivity index (χ0v) is 19.8. The van der Waals surface area contributed by atoms with E-state index >= 15 is 0 Å². The minimum atomic E-state index is -3.83. The monoisotopic (exact) mass is 481 g/mol. The lowest BCUT2D eigenvalue weighted by Gasteiger charge is -2.12. The maximum atomic E-state index is 12.6. The fourth-order valence-corrected chi connectivity index (χ4v) is 4.15. The highest BCUT2D eigenvalue weighted by molar-refractivity contribution is 7.89. The van der Waals surface area contributed by atoms with Gasteiger partial charge < -0.3 is 4.74 Å². The molecule has 2 amide bonds. The van der Waals surface area contributed by atoms with Crippen LogP contribution < -0.4 is 20.3 Å². The molecule has 8 nitrogen and oxygen atoms in total. The van der Waals surface area contributed by atoms with Crippen molar-refractivity contribution in [2.24, 2.45) is 0 Å². The number of benzene rings is 3. The van der Waals surface area contributed by atoms with Gasteiger partial charge in [0.15, 0.2) is 0 Å². The zero-order chi connectivity index (χ0) is 24.6. The first-order valence-electron chi connectivity index (χ1n) is 10.7. The van der Waals surface area contributed by atoms with Crippen molar-refractivity contribution in [3.63, 3.8) is 0 Å². The Balaban J connectivity index is 1.57. The van der Waals surface area contributed by atoms with Gasteiger partial charge in [0.05, 0.1) is 17.4 Å². The summed E-state index contributed by atoms with van der Waals surface area (Å²) in [5, 5.41) is 0. The van der Waals surface area contributed by atoms with Gasteiger partial charge in [0.25, 0.3) is 5.91 Å². The molecule has 0 heterocycles. The molecule has 9 heteroatoms. The summed E-state index contributed by atoms with van der Waals surface area (Å²) in [7, 11) is -3.83. The van der Waals surface area contributed by atoms with E-state index in [1.807, 2.05) is 44.2 Å². The van der Waals surface area contributed by atoms with E-state index in [0.717, 1.165) is 11.1 Å². The van der Waals surface area contributed by atoms with E-state index in [-0.39, 0.29) is 29.5 Å². The van der Waals surface area contributed by atoms with E-state index in [0.29, 0.717) is 5.75 Å². The number of carbonyl (C=O) groups is 2. The molecule has 0 saturated heterocycles. The first-order chi connectivity index (χ1) is 16.2. The van der Waals surface area contributed by atoms with Crippen LogP contribution in [-0.2, 0) is 27.8 Å². The van der Waals surface area contributed by atoms with Crippen molar-refractivity contribution >= 4 is 21.8 Å². The van der Waals surface area contributed by atoms with Crippen LogP contribution >= 0.6 is 0 Å². The predicted molar refractivity (Wildman–Crippen MR) is 128 cm³/mol. The Kier molecular flexibility index (Phi) is 8.39. The van der Waals surface area contributed by atoms with Crippen molar-refractivity contribution in [3.8, 4) is 5.75 Å². The van der Waals surface area contributed by atoms with Crippen LogP contribution in [0.1, 0.15) is 35.3 Å². The maximum Gasteiger partial charge on any atom is 0.269 e. The number of hydrazine groups is 1. The summed E-state index contributed by atoms with van der Waals surface area (Å²) in [6.07, 6.45) is 0.0457. The van der Waals surface area contributed by atoms with Crippen molar-refractivity contribution in [1.29, 1.82) is 0 Å². The molecule has 0 saturated carbocycles. The number of rotatable bonds is 9. The van der Waals surface area contributed by atoms with Crippen LogP contribution in [0.25, 0.3) is 0 Å². The molecular weight excluding hydrogens is 454 g/mol. The van der Waals surface area contributed by atoms with Gasteiger partial charge in [-0.1, -0.05) is 48.5 Å². The molecule has 0 fully saturated rings. The van der Waals surface area contributed by atoms with Crippen LogP contribution in [-0.4, -0.2) is 26.3 Å². The molecule has 0 aliphatic heterocycles. The number of carbonyl (C=O) groups excluding carboxylic acids is 2. The first-order valence-corrected chi connectivity index (χ1v) is 12.2. The lowest BCUT2D eigenvalue weighted by molar-refractivity contribution is -0.121. The Labute approximate surface area is 199 Å². The quantitative estimate of drug-likeness (QED) is 0.407. The average Bonchev–Trinajstić information content (AvgIpc) is 2.82. The standard InChI is InChI=1S/C25H27N3O5S/c1-18(2)33-22-12-6-10-20(14-22)15-24(29)27-28-25(30)21-11-7-13-23(16-21)34(31,32)26-17-19-8-4-3-5-9-19/h3-14,16,18,26H,15,17H2,1-2H3,(H,27,29)(H,28,30). The highest BCUT2D eigenvalue weighted by Crippen LogP contribution is 2.15. The summed E-state index contributed by atoms with van der Waals surface area (Å²) in [6.45, 7) is 3.95. The summed E-state index contributed by atoms with van der Waals surface area (Å²) < 4.78 is 33.4. The molecular formula is C25H27N3O5S. The Morgan fingerprint density at radius 2 is 1.56 bits per heavy atom. The Morgan fingerprint density at radius 3 is 2.29 bits per heavy atom. The van der Waals surface area contributed by atoms with Crippen LogP contribution in [0.5, 0.6) is 5.75 Å². The third-order valence-corrected chi connectivity index (χ3v) is 6.06. The second-order valence-electron chi connectivity index (χ2n) is 7.83. The largest absolute Gasteiger partial charge is 0.491 e. The molecule has 0 atom stereocenters. The van der Waals surface area contributed by atoms with Crippen molar-refractivity contribution in [3.05, 3.63) is 95.6 Å². The summed E-state index contributed by atoms with van der Waals surface area (Å²) in [5.41, 5.74) is 6.29. The fraction of sp³-hybridized carbons (Fsp3) is 0.200. The van der Waals surface area contributed by atoms with E-state index in [4.69, 9.17) is 4.74 Å². The molecule has 34 heavy (non-hydrogen) atoms. The molecule has 3 aromatic carbocycles. The van der Waals surface area contributed by atoms with Gasteiger partial charge in [-0.05, 0) is 55.3 Å². The van der Waals surface area contributed by atoms with Crippen LogP contribution in [0, 0.1) is 0 Å². The number of ether oxygens (including phenoxy) is 1. The molecule has 0 aliphatic carbocycles. The van der Waals surface area contributed by atoms with Gasteiger partial charge in [0.1, 0.15) is 5.75 Å². The SMILES string of the molecule is CC(C)Oc1cccc(CC(=O)NNC(=O)c2cccc(S(=O)(=O)NCc3ccccc3)c2)c1. The highest BCUT2D eigenvalue weighted by atomic mass is 32.2. The van der Waals surface area contributed by atoms with Gasteiger partial charge in [-0.2, -0.15) is 0 Å². The average molecular weight is 482 g/mol. The molecule has 0 aliphatic rings. The summed E-state index contributed by atoms with van der Waals surface area (Å²) >= 11 is 0. The summed E-state index contributed by atoms with van der Waals surface area (Å²) in [6, 6.07) is 21.8. The second kappa shape index (κ2) is 11.4. The first kappa shape index (κ1) is 24.9. The second-order valence-corrected chi connectivity index (χ2v) is 9.60. The minimum absolute atomic E-state index is 0.0106. The molecule has 0 unspecified atom stereocenters. The molecule has 0 radical (unpaired) electrons. The van der Waals surface area contributed by atoms with Crippen LogP contribution in [0.2, 0.25) is 0 Å². The van der Waals surface area contributed by atoms with Crippen LogP contribution in [0.4, 0.5) is 0 Å². The molecule has 0 bridgehead atoms. The summed E-state index contributed by atoms with van der Waals surface area (Å²) in [5.74, 6) is -0.406. The topological polar surface area (TPSA) is 114 Å². The third kappa shape index (κ3) is 7.43. The fourth-order valence-electron chi connectivity index (χ4n) is 3.09. The number of hydrogen-bond donors (Lipinski definition) is 3. The van der Waals surface area contributed by atoms with Crippen molar-refractivity contribution in [2.75, 3.05) is 0 Å².